The van der Waals surface area contributed by atoms with Crippen molar-refractivity contribution in [2.75, 3.05) is 0 Å². The van der Waals surface area contributed by atoms with Crippen LogP contribution in [0.5, 0.6) is 0 Å². The van der Waals surface area contributed by atoms with Gasteiger partial charge in [-0.2, -0.15) is 0 Å². The Labute approximate surface area is 182 Å². The van der Waals surface area contributed by atoms with Gasteiger partial charge >= 0.3 is 0 Å². The second-order valence-corrected chi connectivity index (χ2v) is 8.73. The molecule has 5 rings (SSSR count). The number of fused-ring (bicyclic) bond motifs is 8. The van der Waals surface area contributed by atoms with Crippen LogP contribution in [0.2, 0.25) is 0 Å². The molecule has 2 aliphatic rings. The normalized spacial score (nSPS) is 18.4. The van der Waals surface area contributed by atoms with Crippen molar-refractivity contribution in [3.63, 3.8) is 0 Å². The van der Waals surface area contributed by atoms with Gasteiger partial charge in [-0.15, -0.1) is 0 Å². The number of nitrogens with two attached hydrogens (primary N) is 2. The number of carbonyl (C=O) groups excluding carboxylic acids is 1. The molecule has 0 unspecified atom stereocenters. The van der Waals surface area contributed by atoms with Gasteiger partial charge < -0.3 is 21.5 Å². The van der Waals surface area contributed by atoms with Crippen molar-refractivity contribution in [2.24, 2.45) is 11.5 Å². The number of benzene rings is 3. The summed E-state index contributed by atoms with van der Waals surface area (Å²) in [4.78, 5) is 12.8. The Morgan fingerprint density at radius 2 is 1.48 bits per heavy atom. The van der Waals surface area contributed by atoms with E-state index in [-0.39, 0.29) is 18.1 Å². The van der Waals surface area contributed by atoms with Gasteiger partial charge in [0, 0.05) is 12.1 Å². The molecule has 0 aliphatic carbocycles. The molecule has 158 valence electrons. The van der Waals surface area contributed by atoms with Crippen LogP contribution in [0.25, 0.3) is 0 Å². The van der Waals surface area contributed by atoms with Crippen LogP contribution in [-0.2, 0) is 11.3 Å². The van der Waals surface area contributed by atoms with Gasteiger partial charge in [-0.25, -0.2) is 0 Å². The Morgan fingerprint density at radius 3 is 2.16 bits per heavy atom. The van der Waals surface area contributed by atoms with Gasteiger partial charge in [0.05, 0.1) is 6.17 Å². The fourth-order valence-corrected chi connectivity index (χ4v) is 4.51. The van der Waals surface area contributed by atoms with E-state index < -0.39 is 6.17 Å². The van der Waals surface area contributed by atoms with Gasteiger partial charge in [0.2, 0.25) is 0 Å². The molecule has 0 aromatic heterocycles. The predicted molar refractivity (Wildman–Crippen MR) is 120 cm³/mol. The lowest BCUT2D eigenvalue weighted by Gasteiger charge is -2.18. The van der Waals surface area contributed by atoms with Crippen LogP contribution in [0.1, 0.15) is 87.4 Å². The number of amides is 1. The Hall–Kier alpha value is -2.99. The highest BCUT2D eigenvalue weighted by Crippen LogP contribution is 2.54. The fraction of sp³-hybridized carbons (Fsp3) is 0.269. The number of rotatable bonds is 5. The van der Waals surface area contributed by atoms with Gasteiger partial charge in [-0.05, 0) is 57.0 Å². The smallest absolute Gasteiger partial charge is 0.251 e. The maximum absolute atomic E-state index is 12.8. The van der Waals surface area contributed by atoms with Crippen LogP contribution < -0.4 is 16.8 Å². The molecular weight excluding hydrogens is 386 g/mol. The molecule has 5 heteroatoms. The highest BCUT2D eigenvalue weighted by atomic mass is 16.5. The summed E-state index contributed by atoms with van der Waals surface area (Å²) in [6, 6.07) is 20.2. The monoisotopic (exact) mass is 413 g/mol. The van der Waals surface area contributed by atoms with E-state index in [0.717, 1.165) is 16.7 Å². The lowest BCUT2D eigenvalue weighted by molar-refractivity contribution is 0.0857. The maximum Gasteiger partial charge on any atom is 0.251 e. The molecule has 5 nitrogen and oxygen atoms in total. The summed E-state index contributed by atoms with van der Waals surface area (Å²) in [7, 11) is 0. The third kappa shape index (κ3) is 3.45. The lowest BCUT2D eigenvalue weighted by Crippen LogP contribution is -2.23. The molecule has 2 bridgehead atoms. The molecule has 0 radical (unpaired) electrons. The van der Waals surface area contributed by atoms with E-state index in [9.17, 15) is 4.79 Å². The molecule has 0 saturated carbocycles. The first kappa shape index (κ1) is 19.9. The largest absolute Gasteiger partial charge is 0.356 e. The molecule has 5 N–H and O–H groups in total. The number of ether oxygens (including phenoxy) is 1. The van der Waals surface area contributed by atoms with E-state index in [1.807, 2.05) is 42.5 Å². The molecule has 2 aliphatic heterocycles. The van der Waals surface area contributed by atoms with Crippen LogP contribution in [0.3, 0.4) is 0 Å². The summed E-state index contributed by atoms with van der Waals surface area (Å²) >= 11 is 0. The van der Waals surface area contributed by atoms with Crippen LogP contribution in [0.4, 0.5) is 0 Å². The van der Waals surface area contributed by atoms with Crippen LogP contribution in [0.15, 0.2) is 60.7 Å². The zero-order chi connectivity index (χ0) is 21.7. The molecule has 0 saturated heterocycles. The quantitative estimate of drug-likeness (QED) is 0.548. The fourth-order valence-electron chi connectivity index (χ4n) is 4.51. The first-order valence-corrected chi connectivity index (χ1v) is 10.7. The van der Waals surface area contributed by atoms with E-state index in [1.165, 1.54) is 22.3 Å². The van der Waals surface area contributed by atoms with Crippen molar-refractivity contribution in [1.29, 1.82) is 0 Å². The predicted octanol–water partition coefficient (Wildman–Crippen LogP) is 4.18. The van der Waals surface area contributed by atoms with Crippen molar-refractivity contribution in [3.8, 4) is 0 Å². The molecular formula is C26H27N3O2. The number of hydrogen-bond acceptors (Lipinski definition) is 4. The van der Waals surface area contributed by atoms with Gasteiger partial charge in [-0.1, -0.05) is 62.4 Å². The van der Waals surface area contributed by atoms with Gasteiger partial charge in [0.15, 0.2) is 0 Å². The molecule has 0 fully saturated rings. The Morgan fingerprint density at radius 1 is 0.871 bits per heavy atom. The average Bonchev–Trinajstić information content (AvgIpc) is 3.34. The van der Waals surface area contributed by atoms with Crippen molar-refractivity contribution in [1.82, 2.24) is 5.32 Å². The van der Waals surface area contributed by atoms with Crippen molar-refractivity contribution in [3.05, 3.63) is 105 Å². The van der Waals surface area contributed by atoms with Crippen molar-refractivity contribution >= 4 is 5.91 Å². The van der Waals surface area contributed by atoms with Crippen LogP contribution in [0, 0.1) is 0 Å². The third-order valence-electron chi connectivity index (χ3n) is 6.35. The first-order chi connectivity index (χ1) is 14.9. The Bertz CT molecular complexity index is 1150. The Kier molecular flexibility index (Phi) is 4.89. The maximum atomic E-state index is 12.8. The number of carbonyl (C=O) groups is 1. The van der Waals surface area contributed by atoms with Gasteiger partial charge in [0.25, 0.3) is 5.91 Å². The van der Waals surface area contributed by atoms with Gasteiger partial charge in [-0.3, -0.25) is 4.79 Å². The zero-order valence-corrected chi connectivity index (χ0v) is 17.8. The van der Waals surface area contributed by atoms with Crippen molar-refractivity contribution < 1.29 is 9.53 Å². The SMILES string of the molecule is CC(C)c1ccc2c(c1)[C@H]1O[C@@H]2c2ccc(C(=O)NCc3ccc(C(N)N)cc3)cc21. The molecule has 2 heterocycles. The second-order valence-electron chi connectivity index (χ2n) is 8.73. The molecule has 3 aromatic rings. The summed E-state index contributed by atoms with van der Waals surface area (Å²) in [6.07, 6.45) is -0.607. The average molecular weight is 414 g/mol. The molecule has 0 spiro atoms. The Balaban J connectivity index is 1.33. The van der Waals surface area contributed by atoms with E-state index in [2.05, 4.69) is 37.4 Å². The standard InChI is InChI=1S/C26H27N3O2/c1-14(2)17-7-9-19-21(11-17)24-22-12-18(8-10-20(22)23(19)31-24)26(30)29-13-15-3-5-16(6-4-15)25(27)28/h3-12,14,23-25H,13,27-28H2,1-2H3,(H,29,30)/t23-,24+/m0/s1. The minimum atomic E-state index is -0.491. The van der Waals surface area contributed by atoms with E-state index in [1.54, 1.807) is 0 Å². The second kappa shape index (κ2) is 7.61. The molecule has 31 heavy (non-hydrogen) atoms. The lowest BCUT2D eigenvalue weighted by atomic mass is 9.83. The molecule has 1 amide bonds. The van der Waals surface area contributed by atoms with Crippen LogP contribution >= 0.6 is 0 Å². The summed E-state index contributed by atoms with van der Waals surface area (Å²) in [6.45, 7) is 4.84. The van der Waals surface area contributed by atoms with Crippen molar-refractivity contribution in [2.45, 2.75) is 44.7 Å². The summed E-state index contributed by atoms with van der Waals surface area (Å²) < 4.78 is 6.29. The minimum absolute atomic E-state index is 0.0271. The van der Waals surface area contributed by atoms with Gasteiger partial charge in [0.1, 0.15) is 12.2 Å². The van der Waals surface area contributed by atoms with E-state index in [0.29, 0.717) is 18.0 Å². The van der Waals surface area contributed by atoms with E-state index >= 15 is 0 Å². The summed E-state index contributed by atoms with van der Waals surface area (Å²) in [5.41, 5.74) is 19.9. The van der Waals surface area contributed by atoms with E-state index in [4.69, 9.17) is 16.2 Å². The first-order valence-electron chi connectivity index (χ1n) is 10.7. The zero-order valence-electron chi connectivity index (χ0n) is 17.8. The minimum Gasteiger partial charge on any atom is -0.356 e. The highest BCUT2D eigenvalue weighted by molar-refractivity contribution is 5.94. The topological polar surface area (TPSA) is 90.4 Å². The number of hydrogen-bond donors (Lipinski definition) is 3. The molecule has 2 atom stereocenters. The summed E-state index contributed by atoms with van der Waals surface area (Å²) in [5.74, 6) is 0.372. The highest BCUT2D eigenvalue weighted by Gasteiger charge is 2.43. The third-order valence-corrected chi connectivity index (χ3v) is 6.35. The summed E-state index contributed by atoms with van der Waals surface area (Å²) in [5, 5.41) is 3.00. The molecule has 3 aromatic carbocycles. The number of nitrogens with one attached hydrogen (secondary N) is 1. The van der Waals surface area contributed by atoms with Crippen LogP contribution in [-0.4, -0.2) is 5.91 Å².